The van der Waals surface area contributed by atoms with Gasteiger partial charge in [-0.2, -0.15) is 0 Å². The summed E-state index contributed by atoms with van der Waals surface area (Å²) in [4.78, 5) is 28.8. The molecule has 2 aromatic rings. The Morgan fingerprint density at radius 1 is 1.00 bits per heavy atom. The molecule has 166 valence electrons. The van der Waals surface area contributed by atoms with Crippen molar-refractivity contribution in [3.63, 3.8) is 0 Å². The fraction of sp³-hybridized carbons (Fsp3) is 0.364. The van der Waals surface area contributed by atoms with E-state index in [9.17, 15) is 9.59 Å². The highest BCUT2D eigenvalue weighted by Crippen LogP contribution is 2.29. The maximum atomic E-state index is 12.5. The number of benzene rings is 2. The van der Waals surface area contributed by atoms with Gasteiger partial charge in [-0.05, 0) is 42.9 Å². The van der Waals surface area contributed by atoms with Crippen LogP contribution in [0.2, 0.25) is 10.0 Å². The summed E-state index contributed by atoms with van der Waals surface area (Å²) in [6, 6.07) is 12.8. The van der Waals surface area contributed by atoms with Crippen molar-refractivity contribution in [1.29, 1.82) is 0 Å². The highest BCUT2D eigenvalue weighted by molar-refractivity contribution is 6.44. The zero-order chi connectivity index (χ0) is 22.2. The third kappa shape index (κ3) is 6.83. The largest absolute Gasteiger partial charge is 0.378 e. The van der Waals surface area contributed by atoms with Gasteiger partial charge in [0.2, 0.25) is 11.8 Å². The molecule has 0 atom stereocenters. The third-order valence-corrected chi connectivity index (χ3v) is 5.75. The molecule has 7 nitrogen and oxygen atoms in total. The van der Waals surface area contributed by atoms with Crippen LogP contribution in [0.4, 0.5) is 17.1 Å². The zero-order valence-corrected chi connectivity index (χ0v) is 18.9. The molecular weight excluding hydrogens is 439 g/mol. The number of carbonyl (C=O) groups is 2. The Labute approximate surface area is 192 Å². The first-order valence-electron chi connectivity index (χ1n) is 10.1. The number of rotatable bonds is 8. The minimum Gasteiger partial charge on any atom is -0.378 e. The number of carbonyl (C=O) groups excluding carboxylic acids is 2. The third-order valence-electron chi connectivity index (χ3n) is 4.93. The molecule has 1 heterocycles. The van der Waals surface area contributed by atoms with Crippen LogP contribution in [0.25, 0.3) is 0 Å². The van der Waals surface area contributed by atoms with Crippen LogP contribution in [0.1, 0.15) is 6.92 Å². The highest BCUT2D eigenvalue weighted by atomic mass is 35.5. The number of halogens is 2. The van der Waals surface area contributed by atoms with Crippen molar-refractivity contribution in [2.75, 3.05) is 61.5 Å². The molecule has 0 aromatic heterocycles. The van der Waals surface area contributed by atoms with Gasteiger partial charge < -0.3 is 20.3 Å². The van der Waals surface area contributed by atoms with Crippen LogP contribution in [0.5, 0.6) is 0 Å². The van der Waals surface area contributed by atoms with E-state index in [1.165, 1.54) is 0 Å². The van der Waals surface area contributed by atoms with Crippen LogP contribution < -0.4 is 15.5 Å². The number of amides is 2. The van der Waals surface area contributed by atoms with E-state index >= 15 is 0 Å². The lowest BCUT2D eigenvalue weighted by atomic mass is 10.2. The molecule has 0 bridgehead atoms. The topological polar surface area (TPSA) is 73.9 Å². The Morgan fingerprint density at radius 2 is 1.65 bits per heavy atom. The number of morpholine rings is 1. The Balaban J connectivity index is 1.49. The lowest BCUT2D eigenvalue weighted by Gasteiger charge is -2.29. The van der Waals surface area contributed by atoms with Gasteiger partial charge in [0.25, 0.3) is 0 Å². The van der Waals surface area contributed by atoms with Crippen LogP contribution in [-0.2, 0) is 14.3 Å². The van der Waals surface area contributed by atoms with Gasteiger partial charge in [0.05, 0.1) is 42.0 Å². The number of ether oxygens (including phenoxy) is 1. The molecule has 0 aliphatic carbocycles. The average Bonchev–Trinajstić information content (AvgIpc) is 2.77. The van der Waals surface area contributed by atoms with Gasteiger partial charge in [0.1, 0.15) is 0 Å². The van der Waals surface area contributed by atoms with Gasteiger partial charge in [-0.3, -0.25) is 14.5 Å². The second kappa shape index (κ2) is 11.3. The summed E-state index contributed by atoms with van der Waals surface area (Å²) in [5.74, 6) is -0.455. The number of likely N-dealkylation sites (N-methyl/N-ethyl adjacent to an activating group) is 1. The summed E-state index contributed by atoms with van der Waals surface area (Å²) in [5, 5.41) is 6.27. The van der Waals surface area contributed by atoms with Crippen molar-refractivity contribution in [2.24, 2.45) is 0 Å². The summed E-state index contributed by atoms with van der Waals surface area (Å²) in [6.07, 6.45) is 0. The smallest absolute Gasteiger partial charge is 0.238 e. The standard InChI is InChI=1S/C22H26Cl2N4O3/c1-2-27(15-21(30)26-19-5-3-4-18(23)22(19)24)14-20(29)25-16-6-8-17(9-7-16)28-10-12-31-13-11-28/h3-9H,2,10-15H2,1H3,(H,25,29)(H,26,30). The van der Waals surface area contributed by atoms with Crippen molar-refractivity contribution in [3.8, 4) is 0 Å². The van der Waals surface area contributed by atoms with Crippen molar-refractivity contribution in [1.82, 2.24) is 4.90 Å². The van der Waals surface area contributed by atoms with Gasteiger partial charge in [-0.1, -0.05) is 36.2 Å². The van der Waals surface area contributed by atoms with E-state index in [0.29, 0.717) is 28.0 Å². The predicted molar refractivity (Wildman–Crippen MR) is 125 cm³/mol. The molecule has 31 heavy (non-hydrogen) atoms. The van der Waals surface area contributed by atoms with Gasteiger partial charge >= 0.3 is 0 Å². The first-order chi connectivity index (χ1) is 15.0. The fourth-order valence-electron chi connectivity index (χ4n) is 3.25. The number of nitrogens with zero attached hydrogens (tertiary/aromatic N) is 2. The maximum absolute atomic E-state index is 12.5. The molecule has 2 N–H and O–H groups in total. The van der Waals surface area contributed by atoms with E-state index in [1.807, 2.05) is 31.2 Å². The molecule has 1 saturated heterocycles. The van der Waals surface area contributed by atoms with E-state index in [0.717, 1.165) is 32.0 Å². The average molecular weight is 465 g/mol. The second-order valence-corrected chi connectivity index (χ2v) is 7.93. The molecule has 1 aliphatic rings. The highest BCUT2D eigenvalue weighted by Gasteiger charge is 2.16. The zero-order valence-electron chi connectivity index (χ0n) is 17.4. The summed E-state index contributed by atoms with van der Waals surface area (Å²) >= 11 is 12.1. The van der Waals surface area contributed by atoms with Crippen LogP contribution in [0.3, 0.4) is 0 Å². The Kier molecular flexibility index (Phi) is 8.54. The lowest BCUT2D eigenvalue weighted by molar-refractivity contribution is -0.119. The normalized spacial score (nSPS) is 13.9. The molecule has 0 saturated carbocycles. The molecule has 1 fully saturated rings. The van der Waals surface area contributed by atoms with Gasteiger partial charge in [-0.15, -0.1) is 0 Å². The molecule has 3 rings (SSSR count). The van der Waals surface area contributed by atoms with Crippen LogP contribution in [0, 0.1) is 0 Å². The number of anilines is 3. The maximum Gasteiger partial charge on any atom is 0.238 e. The van der Waals surface area contributed by atoms with Crippen molar-refractivity contribution < 1.29 is 14.3 Å². The molecule has 0 spiro atoms. The van der Waals surface area contributed by atoms with Crippen molar-refractivity contribution >= 4 is 52.1 Å². The van der Waals surface area contributed by atoms with E-state index in [4.69, 9.17) is 27.9 Å². The van der Waals surface area contributed by atoms with Crippen LogP contribution in [0.15, 0.2) is 42.5 Å². The summed E-state index contributed by atoms with van der Waals surface area (Å²) in [5.41, 5.74) is 2.26. The molecular formula is C22H26Cl2N4O3. The van der Waals surface area contributed by atoms with E-state index in [1.54, 1.807) is 23.1 Å². The predicted octanol–water partition coefficient (Wildman–Crippen LogP) is 3.73. The van der Waals surface area contributed by atoms with Gasteiger partial charge in [0.15, 0.2) is 0 Å². The van der Waals surface area contributed by atoms with Gasteiger partial charge in [-0.25, -0.2) is 0 Å². The van der Waals surface area contributed by atoms with Crippen molar-refractivity contribution in [3.05, 3.63) is 52.5 Å². The Hall–Kier alpha value is -2.32. The Bertz CT molecular complexity index is 902. The summed E-state index contributed by atoms with van der Waals surface area (Å²) in [7, 11) is 0. The quantitative estimate of drug-likeness (QED) is 0.622. The summed E-state index contributed by atoms with van der Waals surface area (Å²) < 4.78 is 5.37. The van der Waals surface area contributed by atoms with Gasteiger partial charge in [0, 0.05) is 24.5 Å². The number of hydrogen-bond donors (Lipinski definition) is 2. The minimum atomic E-state index is -0.270. The minimum absolute atomic E-state index is 0.0583. The van der Waals surface area contributed by atoms with Crippen LogP contribution >= 0.6 is 23.2 Å². The molecule has 1 aliphatic heterocycles. The molecule has 2 aromatic carbocycles. The van der Waals surface area contributed by atoms with Crippen LogP contribution in [-0.4, -0.2) is 62.7 Å². The van der Waals surface area contributed by atoms with E-state index < -0.39 is 0 Å². The number of nitrogens with one attached hydrogen (secondary N) is 2. The summed E-state index contributed by atoms with van der Waals surface area (Å²) in [6.45, 7) is 5.76. The molecule has 9 heteroatoms. The number of hydrogen-bond acceptors (Lipinski definition) is 5. The van der Waals surface area contributed by atoms with Crippen molar-refractivity contribution in [2.45, 2.75) is 6.92 Å². The Morgan fingerprint density at radius 3 is 2.29 bits per heavy atom. The first-order valence-corrected chi connectivity index (χ1v) is 10.9. The van der Waals surface area contributed by atoms with E-state index in [2.05, 4.69) is 15.5 Å². The fourth-order valence-corrected chi connectivity index (χ4v) is 3.60. The SMILES string of the molecule is CCN(CC(=O)Nc1ccc(N2CCOCC2)cc1)CC(=O)Nc1cccc(Cl)c1Cl. The molecule has 0 unspecified atom stereocenters. The second-order valence-electron chi connectivity index (χ2n) is 7.15. The molecule has 2 amide bonds. The van der Waals surface area contributed by atoms with E-state index in [-0.39, 0.29) is 24.9 Å². The monoisotopic (exact) mass is 464 g/mol. The first kappa shape index (κ1) is 23.3. The lowest BCUT2D eigenvalue weighted by Crippen LogP contribution is -2.38. The molecule has 0 radical (unpaired) electrons.